The Kier molecular flexibility index (Phi) is 7.04. The molecule has 1 aromatic rings. The SMILES string of the molecule is O=C(c1ccccc1Cl)N1CCN([C@@H](C(=O)N2CCSCC2)C2CCCC2)CC1. The van der Waals surface area contributed by atoms with Crippen molar-refractivity contribution in [3.8, 4) is 0 Å². The van der Waals surface area contributed by atoms with Gasteiger partial charge in [-0.15, -0.1) is 0 Å². The third kappa shape index (κ3) is 4.75. The molecule has 0 aromatic heterocycles. The third-order valence-electron chi connectivity index (χ3n) is 6.52. The van der Waals surface area contributed by atoms with Gasteiger partial charge in [-0.2, -0.15) is 11.8 Å². The second-order valence-corrected chi connectivity index (χ2v) is 9.87. The largest absolute Gasteiger partial charge is 0.340 e. The van der Waals surface area contributed by atoms with Gasteiger partial charge >= 0.3 is 0 Å². The summed E-state index contributed by atoms with van der Waals surface area (Å²) in [5.74, 6) is 2.87. The number of hydrogen-bond donors (Lipinski definition) is 0. The number of piperazine rings is 1. The highest BCUT2D eigenvalue weighted by atomic mass is 35.5. The molecule has 3 fully saturated rings. The average molecular weight is 436 g/mol. The average Bonchev–Trinajstić information content (AvgIpc) is 3.29. The van der Waals surface area contributed by atoms with Gasteiger partial charge in [-0.3, -0.25) is 14.5 Å². The maximum Gasteiger partial charge on any atom is 0.255 e. The molecule has 1 saturated carbocycles. The summed E-state index contributed by atoms with van der Waals surface area (Å²) in [7, 11) is 0. The molecule has 0 bridgehead atoms. The fraction of sp³-hybridized carbons (Fsp3) is 0.636. The van der Waals surface area contributed by atoms with Crippen LogP contribution in [0.15, 0.2) is 24.3 Å². The van der Waals surface area contributed by atoms with Crippen molar-refractivity contribution in [1.82, 2.24) is 14.7 Å². The predicted octanol–water partition coefficient (Wildman–Crippen LogP) is 3.23. The van der Waals surface area contributed by atoms with Crippen molar-refractivity contribution >= 4 is 35.2 Å². The fourth-order valence-corrected chi connectivity index (χ4v) is 6.03. The second-order valence-electron chi connectivity index (χ2n) is 8.24. The van der Waals surface area contributed by atoms with Crippen LogP contribution in [-0.2, 0) is 4.79 Å². The maximum absolute atomic E-state index is 13.4. The lowest BCUT2D eigenvalue weighted by atomic mass is 9.94. The summed E-state index contributed by atoms with van der Waals surface area (Å²) < 4.78 is 0. The molecule has 7 heteroatoms. The Bertz CT molecular complexity index is 727. The predicted molar refractivity (Wildman–Crippen MR) is 119 cm³/mol. The molecule has 2 saturated heterocycles. The topological polar surface area (TPSA) is 43.9 Å². The lowest BCUT2D eigenvalue weighted by Gasteiger charge is -2.43. The van der Waals surface area contributed by atoms with E-state index >= 15 is 0 Å². The zero-order valence-electron chi connectivity index (χ0n) is 16.9. The van der Waals surface area contributed by atoms with Crippen LogP contribution in [0.5, 0.6) is 0 Å². The third-order valence-corrected chi connectivity index (χ3v) is 7.79. The van der Waals surface area contributed by atoms with Crippen molar-refractivity contribution in [2.45, 2.75) is 31.7 Å². The monoisotopic (exact) mass is 435 g/mol. The van der Waals surface area contributed by atoms with Crippen LogP contribution in [0.2, 0.25) is 5.02 Å². The maximum atomic E-state index is 13.4. The number of rotatable bonds is 4. The minimum Gasteiger partial charge on any atom is -0.340 e. The van der Waals surface area contributed by atoms with E-state index in [1.807, 2.05) is 28.8 Å². The number of carbonyl (C=O) groups excluding carboxylic acids is 2. The number of thioether (sulfide) groups is 1. The Morgan fingerprint density at radius 1 is 0.931 bits per heavy atom. The normalized spacial score (nSPS) is 22.7. The zero-order chi connectivity index (χ0) is 20.2. The summed E-state index contributed by atoms with van der Waals surface area (Å²) in [5.41, 5.74) is 0.567. The summed E-state index contributed by atoms with van der Waals surface area (Å²) in [4.78, 5) is 32.6. The Hall–Kier alpha value is -1.24. The molecule has 0 unspecified atom stereocenters. The Labute approximate surface area is 182 Å². The molecule has 1 atom stereocenters. The first kappa shape index (κ1) is 21.0. The highest BCUT2D eigenvalue weighted by Gasteiger charge is 2.39. The van der Waals surface area contributed by atoms with Crippen molar-refractivity contribution in [3.05, 3.63) is 34.9 Å². The number of nitrogens with zero attached hydrogens (tertiary/aromatic N) is 3. The van der Waals surface area contributed by atoms with Gasteiger partial charge in [-0.1, -0.05) is 36.6 Å². The molecule has 2 amide bonds. The Balaban J connectivity index is 1.43. The highest BCUT2D eigenvalue weighted by Crippen LogP contribution is 2.32. The van der Waals surface area contributed by atoms with Gasteiger partial charge in [-0.25, -0.2) is 0 Å². The lowest BCUT2D eigenvalue weighted by Crippen LogP contribution is -2.59. The van der Waals surface area contributed by atoms with Gasteiger partial charge in [-0.05, 0) is 30.9 Å². The van der Waals surface area contributed by atoms with E-state index in [1.54, 1.807) is 12.1 Å². The van der Waals surface area contributed by atoms with Crippen molar-refractivity contribution in [2.24, 2.45) is 5.92 Å². The molecule has 0 radical (unpaired) electrons. The number of amides is 2. The molecule has 1 aromatic carbocycles. The summed E-state index contributed by atoms with van der Waals surface area (Å²) in [6.45, 7) is 4.56. The minimum absolute atomic E-state index is 0.00736. The van der Waals surface area contributed by atoms with Gasteiger partial charge in [0, 0.05) is 50.8 Å². The fourth-order valence-electron chi connectivity index (χ4n) is 4.91. The highest BCUT2D eigenvalue weighted by molar-refractivity contribution is 7.99. The number of hydrogen-bond acceptors (Lipinski definition) is 4. The van der Waals surface area contributed by atoms with Crippen LogP contribution in [-0.4, -0.2) is 83.3 Å². The molecular weight excluding hydrogens is 406 g/mol. The molecule has 3 aliphatic rings. The first-order valence-electron chi connectivity index (χ1n) is 10.8. The summed E-state index contributed by atoms with van der Waals surface area (Å²) in [6.07, 6.45) is 4.76. The van der Waals surface area contributed by atoms with Crippen LogP contribution in [0, 0.1) is 5.92 Å². The van der Waals surface area contributed by atoms with Crippen LogP contribution in [0.1, 0.15) is 36.0 Å². The smallest absolute Gasteiger partial charge is 0.255 e. The number of carbonyl (C=O) groups is 2. The standard InChI is InChI=1S/C22H30ClN3O2S/c23-19-8-4-3-7-18(19)21(27)25-11-9-24(10-12-25)20(17-5-1-2-6-17)22(28)26-13-15-29-16-14-26/h3-4,7-8,17,20H,1-2,5-6,9-16H2/t20-/m1/s1. The van der Waals surface area contributed by atoms with Gasteiger partial charge in [0.2, 0.25) is 5.91 Å². The quantitative estimate of drug-likeness (QED) is 0.728. The molecule has 2 heterocycles. The van der Waals surface area contributed by atoms with Crippen LogP contribution >= 0.6 is 23.4 Å². The van der Waals surface area contributed by atoms with Gasteiger partial charge in [0.15, 0.2) is 0 Å². The zero-order valence-corrected chi connectivity index (χ0v) is 18.5. The van der Waals surface area contributed by atoms with Gasteiger partial charge < -0.3 is 9.80 Å². The van der Waals surface area contributed by atoms with E-state index in [9.17, 15) is 9.59 Å². The van der Waals surface area contributed by atoms with Crippen LogP contribution in [0.4, 0.5) is 0 Å². The van der Waals surface area contributed by atoms with Gasteiger partial charge in [0.25, 0.3) is 5.91 Å². The van der Waals surface area contributed by atoms with E-state index in [0.29, 0.717) is 35.5 Å². The number of benzene rings is 1. The first-order chi connectivity index (χ1) is 14.1. The van der Waals surface area contributed by atoms with Crippen molar-refractivity contribution in [3.63, 3.8) is 0 Å². The molecule has 1 aliphatic carbocycles. The van der Waals surface area contributed by atoms with Crippen molar-refractivity contribution in [1.29, 1.82) is 0 Å². The molecular formula is C22H30ClN3O2S. The second kappa shape index (κ2) is 9.71. The molecule has 2 aliphatic heterocycles. The summed E-state index contributed by atoms with van der Waals surface area (Å²) >= 11 is 8.16. The van der Waals surface area contributed by atoms with E-state index < -0.39 is 0 Å². The van der Waals surface area contributed by atoms with Crippen molar-refractivity contribution < 1.29 is 9.59 Å². The van der Waals surface area contributed by atoms with Crippen LogP contribution in [0.25, 0.3) is 0 Å². The Morgan fingerprint density at radius 2 is 1.59 bits per heavy atom. The molecule has 5 nitrogen and oxygen atoms in total. The van der Waals surface area contributed by atoms with Crippen molar-refractivity contribution in [2.75, 3.05) is 50.8 Å². The van der Waals surface area contributed by atoms with Crippen LogP contribution in [0.3, 0.4) is 0 Å². The van der Waals surface area contributed by atoms with E-state index in [1.165, 1.54) is 12.8 Å². The van der Waals surface area contributed by atoms with Crippen LogP contribution < -0.4 is 0 Å². The summed E-state index contributed by atoms with van der Waals surface area (Å²) in [5, 5.41) is 0.502. The minimum atomic E-state index is -0.0156. The van der Waals surface area contributed by atoms with Gasteiger partial charge in [0.1, 0.15) is 0 Å². The molecule has 158 valence electrons. The van der Waals surface area contributed by atoms with E-state index in [4.69, 9.17) is 11.6 Å². The molecule has 0 N–H and O–H groups in total. The van der Waals surface area contributed by atoms with Gasteiger partial charge in [0.05, 0.1) is 16.6 Å². The lowest BCUT2D eigenvalue weighted by molar-refractivity contribution is -0.139. The Morgan fingerprint density at radius 3 is 2.24 bits per heavy atom. The van der Waals surface area contributed by atoms with E-state index in [0.717, 1.165) is 50.5 Å². The van der Waals surface area contributed by atoms with E-state index in [-0.39, 0.29) is 11.9 Å². The first-order valence-corrected chi connectivity index (χ1v) is 12.3. The van der Waals surface area contributed by atoms with E-state index in [2.05, 4.69) is 9.80 Å². The molecule has 29 heavy (non-hydrogen) atoms. The summed E-state index contributed by atoms with van der Waals surface area (Å²) in [6, 6.07) is 7.22. The number of halogens is 1. The molecule has 0 spiro atoms. The molecule has 4 rings (SSSR count).